The summed E-state index contributed by atoms with van der Waals surface area (Å²) in [5.41, 5.74) is 0.500. The van der Waals surface area contributed by atoms with Crippen molar-refractivity contribution in [3.8, 4) is 0 Å². The van der Waals surface area contributed by atoms with Gasteiger partial charge < -0.3 is 0 Å². The molecule has 1 heterocycles. The number of hydrogen-bond acceptors (Lipinski definition) is 2. The van der Waals surface area contributed by atoms with Crippen molar-refractivity contribution in [1.82, 2.24) is 5.32 Å². The Morgan fingerprint density at radius 3 is 2.53 bits per heavy atom. The highest BCUT2D eigenvalue weighted by atomic mass is 79.9. The zero-order valence-electron chi connectivity index (χ0n) is 7.54. The molecule has 1 aromatic rings. The van der Waals surface area contributed by atoms with Gasteiger partial charge in [-0.2, -0.15) is 0 Å². The average molecular weight is 272 g/mol. The third-order valence-electron chi connectivity index (χ3n) is 2.28. The molecule has 1 aliphatic rings. The van der Waals surface area contributed by atoms with Crippen LogP contribution in [0.1, 0.15) is 11.5 Å². The zero-order valence-corrected chi connectivity index (χ0v) is 9.12. The van der Waals surface area contributed by atoms with Gasteiger partial charge in [0, 0.05) is 0 Å². The lowest BCUT2D eigenvalue weighted by molar-refractivity contribution is -0.125. The van der Waals surface area contributed by atoms with Crippen LogP contribution in [0, 0.1) is 5.82 Å². The van der Waals surface area contributed by atoms with Crippen LogP contribution in [0.15, 0.2) is 24.3 Å². The summed E-state index contributed by atoms with van der Waals surface area (Å²) in [6, 6.07) is 5.69. The van der Waals surface area contributed by atoms with E-state index in [-0.39, 0.29) is 5.91 Å². The Labute approximate surface area is 93.8 Å². The van der Waals surface area contributed by atoms with E-state index in [1.807, 2.05) is 0 Å². The van der Waals surface area contributed by atoms with E-state index in [4.69, 9.17) is 0 Å². The van der Waals surface area contributed by atoms with E-state index in [1.165, 1.54) is 18.2 Å². The predicted molar refractivity (Wildman–Crippen MR) is 55.0 cm³/mol. The number of halogens is 2. The first-order valence-electron chi connectivity index (χ1n) is 4.34. The van der Waals surface area contributed by atoms with Gasteiger partial charge in [-0.1, -0.05) is 28.1 Å². The topological polar surface area (TPSA) is 46.2 Å². The summed E-state index contributed by atoms with van der Waals surface area (Å²) in [6.07, 6.45) is 0. The van der Waals surface area contributed by atoms with Crippen LogP contribution in [0.3, 0.4) is 0 Å². The number of benzene rings is 1. The summed E-state index contributed by atoms with van der Waals surface area (Å²) < 4.78 is 12.9. The average Bonchev–Trinajstić information content (AvgIpc) is 2.41. The molecule has 3 nitrogen and oxygen atoms in total. The molecule has 2 unspecified atom stereocenters. The molecule has 1 N–H and O–H groups in total. The molecule has 1 saturated heterocycles. The van der Waals surface area contributed by atoms with E-state index < -0.39 is 22.5 Å². The lowest BCUT2D eigenvalue weighted by Crippen LogP contribution is -2.22. The van der Waals surface area contributed by atoms with Crippen molar-refractivity contribution in [3.05, 3.63) is 35.6 Å². The first-order valence-corrected chi connectivity index (χ1v) is 5.25. The van der Waals surface area contributed by atoms with Crippen LogP contribution < -0.4 is 5.32 Å². The molecule has 0 bridgehead atoms. The smallest absolute Gasteiger partial charge is 0.241 e. The van der Waals surface area contributed by atoms with Crippen LogP contribution >= 0.6 is 15.9 Å². The lowest BCUT2D eigenvalue weighted by atomic mass is 9.97. The molecule has 15 heavy (non-hydrogen) atoms. The molecule has 1 aromatic carbocycles. The quantitative estimate of drug-likeness (QED) is 0.619. The fraction of sp³-hybridized carbons (Fsp3) is 0.200. The predicted octanol–water partition coefficient (Wildman–Crippen LogP) is 1.33. The van der Waals surface area contributed by atoms with E-state index in [1.54, 1.807) is 6.07 Å². The Morgan fingerprint density at radius 2 is 2.00 bits per heavy atom. The van der Waals surface area contributed by atoms with Gasteiger partial charge in [0.25, 0.3) is 0 Å². The normalized spacial score (nSPS) is 25.5. The van der Waals surface area contributed by atoms with Crippen molar-refractivity contribution < 1.29 is 14.0 Å². The van der Waals surface area contributed by atoms with E-state index in [2.05, 4.69) is 21.2 Å². The molecule has 1 aliphatic heterocycles. The minimum Gasteiger partial charge on any atom is -0.295 e. The maximum absolute atomic E-state index is 12.9. The lowest BCUT2D eigenvalue weighted by Gasteiger charge is -2.09. The highest BCUT2D eigenvalue weighted by Gasteiger charge is 2.40. The Kier molecular flexibility index (Phi) is 2.56. The molecule has 2 rings (SSSR count). The number of imide groups is 1. The number of nitrogens with one attached hydrogen (secondary N) is 1. The number of carbonyl (C=O) groups excluding carboxylic acids is 2. The molecule has 0 radical (unpaired) electrons. The van der Waals surface area contributed by atoms with Crippen LogP contribution in [0.2, 0.25) is 0 Å². The number of rotatable bonds is 1. The van der Waals surface area contributed by atoms with Gasteiger partial charge >= 0.3 is 0 Å². The number of alkyl halides is 1. The van der Waals surface area contributed by atoms with E-state index in [0.717, 1.165) is 0 Å². The van der Waals surface area contributed by atoms with Crippen LogP contribution in [0.5, 0.6) is 0 Å². The molecular weight excluding hydrogens is 265 g/mol. The van der Waals surface area contributed by atoms with Crippen molar-refractivity contribution in [2.45, 2.75) is 10.7 Å². The number of hydrogen-bond donors (Lipinski definition) is 1. The number of amides is 2. The molecule has 78 valence electrons. The van der Waals surface area contributed by atoms with E-state index in [0.29, 0.717) is 5.56 Å². The second kappa shape index (κ2) is 3.73. The molecule has 0 aliphatic carbocycles. The van der Waals surface area contributed by atoms with Crippen LogP contribution in [-0.4, -0.2) is 16.6 Å². The van der Waals surface area contributed by atoms with Crippen molar-refractivity contribution >= 4 is 27.7 Å². The van der Waals surface area contributed by atoms with Gasteiger partial charge in [-0.3, -0.25) is 14.9 Å². The Hall–Kier alpha value is -1.23. The standard InChI is InChI=1S/C10H7BrFNO2/c11-8-7(9(14)13-10(8)15)5-2-1-3-6(12)4-5/h1-4,7-8H,(H,13,14,15). The van der Waals surface area contributed by atoms with Crippen LogP contribution in [0.4, 0.5) is 4.39 Å². The molecule has 0 saturated carbocycles. The fourth-order valence-corrected chi connectivity index (χ4v) is 2.23. The van der Waals surface area contributed by atoms with Crippen molar-refractivity contribution in [1.29, 1.82) is 0 Å². The van der Waals surface area contributed by atoms with Gasteiger partial charge in [0.1, 0.15) is 10.6 Å². The van der Waals surface area contributed by atoms with Crippen molar-refractivity contribution in [2.75, 3.05) is 0 Å². The van der Waals surface area contributed by atoms with Crippen LogP contribution in [-0.2, 0) is 9.59 Å². The first-order chi connectivity index (χ1) is 7.09. The van der Waals surface area contributed by atoms with Gasteiger partial charge in [0.05, 0.1) is 5.92 Å². The third kappa shape index (κ3) is 1.79. The monoisotopic (exact) mass is 271 g/mol. The summed E-state index contributed by atoms with van der Waals surface area (Å²) in [4.78, 5) is 22.0. The molecule has 2 amide bonds. The summed E-state index contributed by atoms with van der Waals surface area (Å²) in [5, 5.41) is 2.19. The zero-order chi connectivity index (χ0) is 11.0. The van der Waals surface area contributed by atoms with Gasteiger partial charge in [-0.05, 0) is 17.7 Å². The van der Waals surface area contributed by atoms with E-state index >= 15 is 0 Å². The molecule has 5 heteroatoms. The number of carbonyl (C=O) groups is 2. The molecule has 0 spiro atoms. The second-order valence-electron chi connectivity index (χ2n) is 3.29. The van der Waals surface area contributed by atoms with Gasteiger partial charge in [-0.15, -0.1) is 0 Å². The second-order valence-corrected chi connectivity index (χ2v) is 4.27. The summed E-state index contributed by atoms with van der Waals surface area (Å²) >= 11 is 3.12. The highest BCUT2D eigenvalue weighted by molar-refractivity contribution is 9.10. The van der Waals surface area contributed by atoms with Gasteiger partial charge in [-0.25, -0.2) is 4.39 Å². The first kappa shape index (κ1) is 10.3. The summed E-state index contributed by atoms with van der Waals surface area (Å²) in [7, 11) is 0. The molecule has 1 fully saturated rings. The van der Waals surface area contributed by atoms with Gasteiger partial charge in [0.15, 0.2) is 0 Å². The van der Waals surface area contributed by atoms with E-state index in [9.17, 15) is 14.0 Å². The summed E-state index contributed by atoms with van der Waals surface area (Å²) in [6.45, 7) is 0. The summed E-state index contributed by atoms with van der Waals surface area (Å²) in [5.74, 6) is -1.84. The SMILES string of the molecule is O=C1NC(=O)C(c2cccc(F)c2)C1Br. The Bertz CT molecular complexity index is 435. The third-order valence-corrected chi connectivity index (χ3v) is 3.22. The minimum atomic E-state index is -0.645. The largest absolute Gasteiger partial charge is 0.295 e. The maximum Gasteiger partial charge on any atom is 0.241 e. The minimum absolute atomic E-state index is 0.380. The maximum atomic E-state index is 12.9. The molecule has 0 aromatic heterocycles. The Morgan fingerprint density at radius 1 is 1.27 bits per heavy atom. The molecular formula is C10H7BrFNO2. The van der Waals surface area contributed by atoms with Crippen molar-refractivity contribution in [2.24, 2.45) is 0 Å². The fourth-order valence-electron chi connectivity index (χ4n) is 1.57. The Balaban J connectivity index is 2.39. The van der Waals surface area contributed by atoms with Crippen molar-refractivity contribution in [3.63, 3.8) is 0 Å². The highest BCUT2D eigenvalue weighted by Crippen LogP contribution is 2.30. The molecule has 2 atom stereocenters. The van der Waals surface area contributed by atoms with Crippen LogP contribution in [0.25, 0.3) is 0 Å². The van der Waals surface area contributed by atoms with Gasteiger partial charge in [0.2, 0.25) is 11.8 Å².